The molecule has 3 nitrogen and oxygen atoms in total. The first kappa shape index (κ1) is 12.4. The maximum Gasteiger partial charge on any atom is 0.229 e. The van der Waals surface area contributed by atoms with Crippen LogP contribution in [0.3, 0.4) is 0 Å². The van der Waals surface area contributed by atoms with E-state index in [0.29, 0.717) is 22.7 Å². The smallest absolute Gasteiger partial charge is 0.229 e. The highest BCUT2D eigenvalue weighted by molar-refractivity contribution is 5.65. The summed E-state index contributed by atoms with van der Waals surface area (Å²) in [6.07, 6.45) is 0. The van der Waals surface area contributed by atoms with Crippen molar-refractivity contribution in [1.82, 2.24) is 4.98 Å². The van der Waals surface area contributed by atoms with Gasteiger partial charge in [-0.1, -0.05) is 12.1 Å². The third-order valence-corrected chi connectivity index (χ3v) is 3.07. The molecule has 4 heteroatoms. The quantitative estimate of drug-likeness (QED) is 0.714. The number of nitrogens with zero attached hydrogens (tertiary/aromatic N) is 1. The zero-order chi connectivity index (χ0) is 14.1. The summed E-state index contributed by atoms with van der Waals surface area (Å²) in [5.74, 6) is 0.563. The van der Waals surface area contributed by atoms with Gasteiger partial charge in [-0.15, -0.1) is 0 Å². The predicted octanol–water partition coefficient (Wildman–Crippen LogP) is 4.04. The molecule has 0 spiro atoms. The lowest BCUT2D eigenvalue weighted by Crippen LogP contribution is -1.84. The molecule has 20 heavy (non-hydrogen) atoms. The van der Waals surface area contributed by atoms with E-state index in [9.17, 15) is 4.39 Å². The molecule has 0 aliphatic heterocycles. The lowest BCUT2D eigenvalue weighted by molar-refractivity contribution is 0.573. The Bertz CT molecular complexity index is 747. The van der Waals surface area contributed by atoms with E-state index < -0.39 is 0 Å². The van der Waals surface area contributed by atoms with Crippen LogP contribution < -0.4 is 5.73 Å². The second-order valence-electron chi connectivity index (χ2n) is 4.54. The lowest BCUT2D eigenvalue weighted by atomic mass is 10.1. The average Bonchev–Trinajstić information content (AvgIpc) is 2.82. The molecule has 1 aromatic heterocycles. The van der Waals surface area contributed by atoms with Gasteiger partial charge in [-0.3, -0.25) is 0 Å². The van der Waals surface area contributed by atoms with Crippen molar-refractivity contribution in [3.8, 4) is 22.8 Å². The van der Waals surface area contributed by atoms with Gasteiger partial charge in [0.25, 0.3) is 0 Å². The molecule has 2 N–H and O–H groups in total. The standard InChI is InChI=1S/C16H13FN2O/c1-10-15(11-6-8-12(18)9-7-11)20-16(19-10)13-4-2-3-5-14(13)17/h2-9H,18H2,1H3. The summed E-state index contributed by atoms with van der Waals surface area (Å²) in [6, 6.07) is 13.7. The summed E-state index contributed by atoms with van der Waals surface area (Å²) in [5.41, 5.74) is 8.29. The summed E-state index contributed by atoms with van der Waals surface area (Å²) in [6.45, 7) is 1.83. The summed E-state index contributed by atoms with van der Waals surface area (Å²) < 4.78 is 19.5. The molecule has 2 aromatic carbocycles. The van der Waals surface area contributed by atoms with Gasteiger partial charge in [0, 0.05) is 11.3 Å². The number of nitrogen functional groups attached to an aromatic ring is 1. The predicted molar refractivity (Wildman–Crippen MR) is 76.5 cm³/mol. The number of hydrogen-bond acceptors (Lipinski definition) is 3. The van der Waals surface area contributed by atoms with Crippen molar-refractivity contribution in [3.05, 3.63) is 60.0 Å². The third-order valence-electron chi connectivity index (χ3n) is 3.07. The molecular formula is C16H13FN2O. The highest BCUT2D eigenvalue weighted by Gasteiger charge is 2.15. The molecule has 0 atom stereocenters. The molecule has 3 rings (SSSR count). The molecule has 0 unspecified atom stereocenters. The van der Waals surface area contributed by atoms with E-state index >= 15 is 0 Å². The molecule has 0 saturated carbocycles. The fraction of sp³-hybridized carbons (Fsp3) is 0.0625. The van der Waals surface area contributed by atoms with E-state index in [4.69, 9.17) is 10.2 Å². The normalized spacial score (nSPS) is 10.7. The SMILES string of the molecule is Cc1nc(-c2ccccc2F)oc1-c1ccc(N)cc1. The van der Waals surface area contributed by atoms with Crippen LogP contribution in [0.5, 0.6) is 0 Å². The van der Waals surface area contributed by atoms with Crippen LogP contribution >= 0.6 is 0 Å². The van der Waals surface area contributed by atoms with E-state index in [0.717, 1.165) is 5.56 Å². The Balaban J connectivity index is 2.08. The minimum absolute atomic E-state index is 0.285. The number of aryl methyl sites for hydroxylation is 1. The Morgan fingerprint density at radius 2 is 1.75 bits per heavy atom. The Kier molecular flexibility index (Phi) is 2.99. The summed E-state index contributed by atoms with van der Waals surface area (Å²) in [7, 11) is 0. The summed E-state index contributed by atoms with van der Waals surface area (Å²) in [4.78, 5) is 4.30. The number of oxazole rings is 1. The minimum Gasteiger partial charge on any atom is -0.436 e. The van der Waals surface area contributed by atoms with Crippen molar-refractivity contribution < 1.29 is 8.81 Å². The van der Waals surface area contributed by atoms with Crippen molar-refractivity contribution in [3.63, 3.8) is 0 Å². The van der Waals surface area contributed by atoms with Crippen LogP contribution in [0.15, 0.2) is 52.9 Å². The fourth-order valence-electron chi connectivity index (χ4n) is 2.05. The third kappa shape index (κ3) is 2.16. The van der Waals surface area contributed by atoms with Gasteiger partial charge < -0.3 is 10.2 Å². The molecule has 0 bridgehead atoms. The van der Waals surface area contributed by atoms with E-state index in [-0.39, 0.29) is 11.7 Å². The Morgan fingerprint density at radius 1 is 1.05 bits per heavy atom. The Hall–Kier alpha value is -2.62. The molecule has 0 aliphatic rings. The van der Waals surface area contributed by atoms with Crippen molar-refractivity contribution >= 4 is 5.69 Å². The number of aromatic nitrogens is 1. The van der Waals surface area contributed by atoms with Gasteiger partial charge in [0.1, 0.15) is 5.82 Å². The topological polar surface area (TPSA) is 52.0 Å². The molecule has 0 aliphatic carbocycles. The zero-order valence-corrected chi connectivity index (χ0v) is 10.9. The second-order valence-corrected chi connectivity index (χ2v) is 4.54. The van der Waals surface area contributed by atoms with Crippen LogP contribution in [-0.2, 0) is 0 Å². The number of nitrogens with two attached hydrogens (primary N) is 1. The highest BCUT2D eigenvalue weighted by Crippen LogP contribution is 2.30. The molecule has 1 heterocycles. The highest BCUT2D eigenvalue weighted by atomic mass is 19.1. The van der Waals surface area contributed by atoms with Crippen molar-refractivity contribution in [1.29, 1.82) is 0 Å². The average molecular weight is 268 g/mol. The molecule has 0 saturated heterocycles. The molecule has 100 valence electrons. The monoisotopic (exact) mass is 268 g/mol. The van der Waals surface area contributed by atoms with E-state index in [1.807, 2.05) is 19.1 Å². The Labute approximate surface area is 115 Å². The molecule has 0 fully saturated rings. The summed E-state index contributed by atoms with van der Waals surface area (Å²) >= 11 is 0. The first-order valence-corrected chi connectivity index (χ1v) is 6.23. The first-order chi connectivity index (χ1) is 9.65. The maximum absolute atomic E-state index is 13.8. The largest absolute Gasteiger partial charge is 0.436 e. The fourth-order valence-corrected chi connectivity index (χ4v) is 2.05. The van der Waals surface area contributed by atoms with Gasteiger partial charge in [0.05, 0.1) is 11.3 Å². The van der Waals surface area contributed by atoms with Gasteiger partial charge in [-0.25, -0.2) is 9.37 Å². The number of rotatable bonds is 2. The van der Waals surface area contributed by atoms with Gasteiger partial charge in [-0.2, -0.15) is 0 Å². The van der Waals surface area contributed by atoms with Crippen LogP contribution in [0.2, 0.25) is 0 Å². The number of hydrogen-bond donors (Lipinski definition) is 1. The van der Waals surface area contributed by atoms with Gasteiger partial charge in [0.15, 0.2) is 5.76 Å². The Morgan fingerprint density at radius 3 is 2.45 bits per heavy atom. The van der Waals surface area contributed by atoms with Crippen molar-refractivity contribution in [2.45, 2.75) is 6.92 Å². The van der Waals surface area contributed by atoms with Crippen molar-refractivity contribution in [2.75, 3.05) is 5.73 Å². The lowest BCUT2D eigenvalue weighted by Gasteiger charge is -1.99. The second kappa shape index (κ2) is 4.81. The van der Waals surface area contributed by atoms with Crippen molar-refractivity contribution in [2.24, 2.45) is 0 Å². The minimum atomic E-state index is -0.349. The van der Waals surface area contributed by atoms with E-state index in [2.05, 4.69) is 4.98 Å². The van der Waals surface area contributed by atoms with E-state index in [1.165, 1.54) is 6.07 Å². The van der Waals surface area contributed by atoms with Gasteiger partial charge in [0.2, 0.25) is 5.89 Å². The molecule has 3 aromatic rings. The van der Waals surface area contributed by atoms with Crippen LogP contribution in [0, 0.1) is 12.7 Å². The van der Waals surface area contributed by atoms with E-state index in [1.54, 1.807) is 30.3 Å². The van der Waals surface area contributed by atoms with Crippen LogP contribution in [0.4, 0.5) is 10.1 Å². The summed E-state index contributed by atoms with van der Waals surface area (Å²) in [5, 5.41) is 0. The molecule has 0 radical (unpaired) electrons. The van der Waals surface area contributed by atoms with Crippen LogP contribution in [0.1, 0.15) is 5.69 Å². The number of anilines is 1. The first-order valence-electron chi connectivity index (χ1n) is 6.23. The maximum atomic E-state index is 13.8. The van der Waals surface area contributed by atoms with Crippen LogP contribution in [0.25, 0.3) is 22.8 Å². The number of halogens is 1. The van der Waals surface area contributed by atoms with Gasteiger partial charge >= 0.3 is 0 Å². The number of benzene rings is 2. The zero-order valence-electron chi connectivity index (χ0n) is 10.9. The molecular weight excluding hydrogens is 255 g/mol. The van der Waals surface area contributed by atoms with Gasteiger partial charge in [-0.05, 0) is 43.3 Å². The molecule has 0 amide bonds. The van der Waals surface area contributed by atoms with Crippen LogP contribution in [-0.4, -0.2) is 4.98 Å².